The molecule has 0 spiro atoms. The number of rotatable bonds is 5. The minimum atomic E-state index is 0.0696. The van der Waals surface area contributed by atoms with Gasteiger partial charge in [0, 0.05) is 6.54 Å². The van der Waals surface area contributed by atoms with Crippen LogP contribution in [0.4, 0.5) is 5.69 Å². The lowest BCUT2D eigenvalue weighted by atomic mass is 10.1. The first-order valence-corrected chi connectivity index (χ1v) is 8.35. The topological polar surface area (TPSA) is 29.5 Å². The Morgan fingerprint density at radius 1 is 1.05 bits per heavy atom. The third kappa shape index (κ3) is 6.19. The SMILES string of the molecule is CC.CC.CCCCCCN1C(=O)COc2ccccc21. The van der Waals surface area contributed by atoms with Crippen LogP contribution in [0, 0.1) is 0 Å². The number of amides is 1. The number of hydrogen-bond donors (Lipinski definition) is 0. The number of hydrogen-bond acceptors (Lipinski definition) is 2. The van der Waals surface area contributed by atoms with Gasteiger partial charge in [0.15, 0.2) is 6.61 Å². The number of fused-ring (bicyclic) bond motifs is 1. The Morgan fingerprint density at radius 3 is 2.38 bits per heavy atom. The van der Waals surface area contributed by atoms with Crippen molar-refractivity contribution in [3.8, 4) is 5.75 Å². The molecule has 0 aromatic heterocycles. The molecule has 120 valence electrons. The highest BCUT2D eigenvalue weighted by Gasteiger charge is 2.24. The quantitative estimate of drug-likeness (QED) is 0.711. The number of ether oxygens (including phenoxy) is 1. The zero-order valence-corrected chi connectivity index (χ0v) is 14.3. The number of carbonyl (C=O) groups excluding carboxylic acids is 1. The summed E-state index contributed by atoms with van der Waals surface area (Å²) in [6, 6.07) is 7.75. The van der Waals surface area contributed by atoms with Gasteiger partial charge in [-0.05, 0) is 18.6 Å². The summed E-state index contributed by atoms with van der Waals surface area (Å²) in [6.07, 6.45) is 4.70. The molecule has 1 aliphatic rings. The first-order chi connectivity index (χ1) is 10.3. The second-order valence-electron chi connectivity index (χ2n) is 4.36. The van der Waals surface area contributed by atoms with Crippen molar-refractivity contribution in [2.45, 2.75) is 60.3 Å². The van der Waals surface area contributed by atoms with E-state index in [0.29, 0.717) is 0 Å². The molecule has 0 bridgehead atoms. The van der Waals surface area contributed by atoms with E-state index in [1.807, 2.05) is 56.9 Å². The average Bonchev–Trinajstić information content (AvgIpc) is 2.57. The third-order valence-electron chi connectivity index (χ3n) is 3.04. The van der Waals surface area contributed by atoms with Gasteiger partial charge in [-0.2, -0.15) is 0 Å². The van der Waals surface area contributed by atoms with E-state index in [4.69, 9.17) is 4.74 Å². The third-order valence-corrected chi connectivity index (χ3v) is 3.04. The van der Waals surface area contributed by atoms with E-state index in [1.165, 1.54) is 19.3 Å². The molecule has 1 aliphatic heterocycles. The largest absolute Gasteiger partial charge is 0.482 e. The first kappa shape index (κ1) is 19.5. The predicted molar refractivity (Wildman–Crippen MR) is 91.1 cm³/mol. The molecular weight excluding hydrogens is 262 g/mol. The van der Waals surface area contributed by atoms with Crippen LogP contribution in [0.25, 0.3) is 0 Å². The van der Waals surface area contributed by atoms with Crippen LogP contribution < -0.4 is 9.64 Å². The van der Waals surface area contributed by atoms with Crippen molar-refractivity contribution in [2.75, 3.05) is 18.1 Å². The summed E-state index contributed by atoms with van der Waals surface area (Å²) < 4.78 is 5.40. The van der Waals surface area contributed by atoms with E-state index in [1.54, 1.807) is 0 Å². The highest BCUT2D eigenvalue weighted by Crippen LogP contribution is 2.31. The molecule has 0 atom stereocenters. The van der Waals surface area contributed by atoms with Gasteiger partial charge < -0.3 is 9.64 Å². The summed E-state index contributed by atoms with van der Waals surface area (Å²) in [4.78, 5) is 13.7. The number of carbonyl (C=O) groups is 1. The molecule has 3 heteroatoms. The van der Waals surface area contributed by atoms with Crippen molar-refractivity contribution < 1.29 is 9.53 Å². The van der Waals surface area contributed by atoms with E-state index in [9.17, 15) is 4.79 Å². The van der Waals surface area contributed by atoms with E-state index in [-0.39, 0.29) is 12.5 Å². The van der Waals surface area contributed by atoms with E-state index < -0.39 is 0 Å². The fourth-order valence-corrected chi connectivity index (χ4v) is 2.10. The first-order valence-electron chi connectivity index (χ1n) is 8.35. The fraction of sp³-hybridized carbons (Fsp3) is 0.611. The van der Waals surface area contributed by atoms with Crippen molar-refractivity contribution in [1.29, 1.82) is 0 Å². The Hall–Kier alpha value is -1.51. The summed E-state index contributed by atoms with van der Waals surface area (Å²) >= 11 is 0. The fourth-order valence-electron chi connectivity index (χ4n) is 2.10. The van der Waals surface area contributed by atoms with Gasteiger partial charge in [-0.25, -0.2) is 0 Å². The lowest BCUT2D eigenvalue weighted by Crippen LogP contribution is -2.39. The summed E-state index contributed by atoms with van der Waals surface area (Å²) in [6.45, 7) is 11.2. The Kier molecular flexibility index (Phi) is 11.4. The second-order valence-corrected chi connectivity index (χ2v) is 4.36. The van der Waals surface area contributed by atoms with Crippen molar-refractivity contribution in [1.82, 2.24) is 0 Å². The molecule has 2 rings (SSSR count). The Bertz CT molecular complexity index is 391. The molecule has 1 aromatic rings. The monoisotopic (exact) mass is 293 g/mol. The van der Waals surface area contributed by atoms with Gasteiger partial charge in [0.1, 0.15) is 5.75 Å². The van der Waals surface area contributed by atoms with Crippen LogP contribution in [0.1, 0.15) is 60.3 Å². The van der Waals surface area contributed by atoms with Crippen LogP contribution in [-0.4, -0.2) is 19.1 Å². The summed E-state index contributed by atoms with van der Waals surface area (Å²) in [5.74, 6) is 0.891. The molecule has 1 aromatic carbocycles. The van der Waals surface area contributed by atoms with Crippen molar-refractivity contribution in [3.63, 3.8) is 0 Å². The zero-order valence-electron chi connectivity index (χ0n) is 14.3. The van der Waals surface area contributed by atoms with Gasteiger partial charge in [-0.15, -0.1) is 0 Å². The molecular formula is C18H31NO2. The normalized spacial score (nSPS) is 12.2. The van der Waals surface area contributed by atoms with Crippen LogP contribution in [-0.2, 0) is 4.79 Å². The predicted octanol–water partition coefficient (Wildman–Crippen LogP) is 5.04. The minimum absolute atomic E-state index is 0.0696. The molecule has 0 radical (unpaired) electrons. The maximum absolute atomic E-state index is 11.8. The van der Waals surface area contributed by atoms with E-state index >= 15 is 0 Å². The number of unbranched alkanes of at least 4 members (excludes halogenated alkanes) is 3. The minimum Gasteiger partial charge on any atom is -0.482 e. The number of benzene rings is 1. The van der Waals surface area contributed by atoms with Crippen molar-refractivity contribution >= 4 is 11.6 Å². The molecule has 1 amide bonds. The van der Waals surface area contributed by atoms with Crippen LogP contribution in [0.3, 0.4) is 0 Å². The second kappa shape index (κ2) is 12.2. The molecule has 0 N–H and O–H groups in total. The molecule has 0 aliphatic carbocycles. The molecule has 0 saturated carbocycles. The van der Waals surface area contributed by atoms with E-state index in [0.717, 1.165) is 24.4 Å². The molecule has 0 unspecified atom stereocenters. The van der Waals surface area contributed by atoms with Gasteiger partial charge >= 0.3 is 0 Å². The summed E-state index contributed by atoms with van der Waals surface area (Å²) in [5.41, 5.74) is 0.917. The number of para-hydroxylation sites is 2. The maximum Gasteiger partial charge on any atom is 0.265 e. The van der Waals surface area contributed by atoms with Gasteiger partial charge in [0.25, 0.3) is 5.91 Å². The highest BCUT2D eigenvalue weighted by molar-refractivity contribution is 5.97. The van der Waals surface area contributed by atoms with Gasteiger partial charge in [-0.3, -0.25) is 4.79 Å². The molecule has 0 fully saturated rings. The molecule has 3 nitrogen and oxygen atoms in total. The van der Waals surface area contributed by atoms with Crippen LogP contribution in [0.15, 0.2) is 24.3 Å². The number of nitrogens with zero attached hydrogens (tertiary/aromatic N) is 1. The zero-order chi connectivity index (χ0) is 16.1. The van der Waals surface area contributed by atoms with Crippen molar-refractivity contribution in [2.24, 2.45) is 0 Å². The Morgan fingerprint density at radius 2 is 1.71 bits per heavy atom. The molecule has 0 saturated heterocycles. The van der Waals surface area contributed by atoms with Gasteiger partial charge in [0.2, 0.25) is 0 Å². The summed E-state index contributed by atoms with van der Waals surface area (Å²) in [7, 11) is 0. The highest BCUT2D eigenvalue weighted by atomic mass is 16.5. The lowest BCUT2D eigenvalue weighted by Gasteiger charge is -2.29. The number of anilines is 1. The average molecular weight is 293 g/mol. The van der Waals surface area contributed by atoms with Crippen LogP contribution >= 0.6 is 0 Å². The van der Waals surface area contributed by atoms with Gasteiger partial charge in [-0.1, -0.05) is 66.0 Å². The van der Waals surface area contributed by atoms with Crippen LogP contribution in [0.5, 0.6) is 5.75 Å². The smallest absolute Gasteiger partial charge is 0.265 e. The Balaban J connectivity index is 0.000000921. The lowest BCUT2D eigenvalue weighted by molar-refractivity contribution is -0.121. The standard InChI is InChI=1S/C14H19NO2.2C2H6/c1-2-3-4-7-10-15-12-8-5-6-9-13(12)17-11-14(15)16;2*1-2/h5-6,8-9H,2-4,7,10-11H2,1H3;2*1-2H3. The van der Waals surface area contributed by atoms with Crippen LogP contribution in [0.2, 0.25) is 0 Å². The van der Waals surface area contributed by atoms with E-state index in [2.05, 4.69) is 6.92 Å². The van der Waals surface area contributed by atoms with Crippen molar-refractivity contribution in [3.05, 3.63) is 24.3 Å². The maximum atomic E-state index is 11.8. The molecule has 21 heavy (non-hydrogen) atoms. The Labute approximate surface area is 130 Å². The summed E-state index contributed by atoms with van der Waals surface area (Å²) in [5, 5.41) is 0. The molecule has 1 heterocycles. The van der Waals surface area contributed by atoms with Gasteiger partial charge in [0.05, 0.1) is 5.69 Å².